The van der Waals surface area contributed by atoms with Gasteiger partial charge in [-0.25, -0.2) is 9.97 Å². The largest absolute Gasteiger partial charge is 0.508 e. The summed E-state index contributed by atoms with van der Waals surface area (Å²) in [5.41, 5.74) is 8.65. The number of phenolic OH excluding ortho intramolecular Hbond substituents is 1. The quantitative estimate of drug-likeness (QED) is 0.361. The Labute approximate surface area is 162 Å². The van der Waals surface area contributed by atoms with Gasteiger partial charge >= 0.3 is 0 Å². The van der Waals surface area contributed by atoms with Crippen LogP contribution in [0, 0.1) is 0 Å². The van der Waals surface area contributed by atoms with Gasteiger partial charge in [0, 0.05) is 11.1 Å². The fraction of sp³-hybridized carbons (Fsp3) is 0.250. The van der Waals surface area contributed by atoms with Crippen LogP contribution in [-0.4, -0.2) is 32.8 Å². The second kappa shape index (κ2) is 7.08. The van der Waals surface area contributed by atoms with Crippen molar-refractivity contribution in [3.8, 4) is 17.0 Å². The van der Waals surface area contributed by atoms with Crippen molar-refractivity contribution in [1.82, 2.24) is 15.3 Å². The highest BCUT2D eigenvalue weighted by molar-refractivity contribution is 7.98. The molecule has 2 aromatic carbocycles. The molecule has 1 aromatic heterocycles. The van der Waals surface area contributed by atoms with Crippen molar-refractivity contribution in [3.05, 3.63) is 42.0 Å². The fourth-order valence-electron chi connectivity index (χ4n) is 2.79. The van der Waals surface area contributed by atoms with Crippen LogP contribution >= 0.6 is 11.8 Å². The van der Waals surface area contributed by atoms with Crippen molar-refractivity contribution in [2.24, 2.45) is 0 Å². The first-order chi connectivity index (χ1) is 12.7. The third kappa shape index (κ3) is 3.98. The van der Waals surface area contributed by atoms with Crippen LogP contribution in [0.15, 0.2) is 41.6 Å². The van der Waals surface area contributed by atoms with Crippen LogP contribution in [0.1, 0.15) is 31.1 Å². The van der Waals surface area contributed by atoms with Gasteiger partial charge in [-0.2, -0.15) is 0 Å². The number of phenols is 1. The second-order valence-corrected chi connectivity index (χ2v) is 8.01. The molecule has 140 valence electrons. The normalized spacial score (nSPS) is 11.6. The third-order valence-corrected chi connectivity index (χ3v) is 4.47. The van der Waals surface area contributed by atoms with E-state index in [1.165, 1.54) is 11.8 Å². The number of nitrogen functional groups attached to an aromatic ring is 1. The number of hydrogen-bond acceptors (Lipinski definition) is 6. The van der Waals surface area contributed by atoms with E-state index in [4.69, 9.17) is 5.73 Å². The van der Waals surface area contributed by atoms with Crippen LogP contribution in [0.3, 0.4) is 0 Å². The molecule has 0 atom stereocenters. The van der Waals surface area contributed by atoms with Gasteiger partial charge in [0.1, 0.15) is 5.75 Å². The number of fused-ring (bicyclic) bond motifs is 1. The predicted molar refractivity (Wildman–Crippen MR) is 110 cm³/mol. The van der Waals surface area contributed by atoms with E-state index >= 15 is 0 Å². The summed E-state index contributed by atoms with van der Waals surface area (Å²) in [4.78, 5) is 21.8. The Hall–Kier alpha value is -2.80. The number of amides is 1. The number of benzene rings is 2. The van der Waals surface area contributed by atoms with Gasteiger partial charge in [-0.3, -0.25) is 4.79 Å². The minimum absolute atomic E-state index is 0.130. The number of carbonyl (C=O) groups excluding carboxylic acids is 1. The molecule has 3 aromatic rings. The van der Waals surface area contributed by atoms with E-state index < -0.39 is 0 Å². The van der Waals surface area contributed by atoms with Gasteiger partial charge in [0.15, 0.2) is 5.16 Å². The minimum atomic E-state index is -0.383. The number of hydrogen-bond donors (Lipinski definition) is 3. The molecular weight excluding hydrogens is 360 g/mol. The van der Waals surface area contributed by atoms with Crippen molar-refractivity contribution in [1.29, 1.82) is 0 Å². The van der Waals surface area contributed by atoms with Gasteiger partial charge in [-0.1, -0.05) is 23.9 Å². The number of rotatable bonds is 3. The Balaban J connectivity index is 2.27. The molecule has 0 aliphatic rings. The van der Waals surface area contributed by atoms with E-state index in [1.807, 2.05) is 33.1 Å². The zero-order valence-electron chi connectivity index (χ0n) is 15.7. The first-order valence-electron chi connectivity index (χ1n) is 8.46. The first kappa shape index (κ1) is 19.0. The average molecular weight is 382 g/mol. The molecule has 0 spiro atoms. The Morgan fingerprint density at radius 3 is 2.56 bits per heavy atom. The van der Waals surface area contributed by atoms with Crippen LogP contribution in [0.4, 0.5) is 5.69 Å². The molecule has 1 amide bonds. The number of nitrogens with one attached hydrogen (secondary N) is 1. The lowest BCUT2D eigenvalue weighted by Gasteiger charge is -2.21. The first-order valence-corrected chi connectivity index (χ1v) is 9.68. The smallest absolute Gasteiger partial charge is 0.253 e. The lowest BCUT2D eigenvalue weighted by atomic mass is 10.0. The van der Waals surface area contributed by atoms with E-state index in [-0.39, 0.29) is 17.2 Å². The lowest BCUT2D eigenvalue weighted by molar-refractivity contribution is 0.0920. The molecule has 0 aliphatic carbocycles. The number of carbonyl (C=O) groups is 1. The Bertz CT molecular complexity index is 1030. The molecule has 27 heavy (non-hydrogen) atoms. The maximum atomic E-state index is 12.7. The van der Waals surface area contributed by atoms with Crippen molar-refractivity contribution < 1.29 is 9.90 Å². The Kier molecular flexibility index (Phi) is 4.97. The van der Waals surface area contributed by atoms with Crippen molar-refractivity contribution in [2.75, 3.05) is 12.0 Å². The number of aromatic nitrogens is 2. The molecule has 0 fully saturated rings. The topological polar surface area (TPSA) is 101 Å². The molecule has 1 heterocycles. The monoisotopic (exact) mass is 382 g/mol. The summed E-state index contributed by atoms with van der Waals surface area (Å²) < 4.78 is 0. The van der Waals surface area contributed by atoms with Gasteiger partial charge < -0.3 is 16.2 Å². The number of thioether (sulfide) groups is 1. The van der Waals surface area contributed by atoms with E-state index in [9.17, 15) is 9.90 Å². The Morgan fingerprint density at radius 1 is 1.19 bits per heavy atom. The Morgan fingerprint density at radius 2 is 1.93 bits per heavy atom. The zero-order chi connectivity index (χ0) is 19.8. The van der Waals surface area contributed by atoms with Crippen LogP contribution in [0.5, 0.6) is 5.75 Å². The van der Waals surface area contributed by atoms with E-state index in [0.717, 1.165) is 0 Å². The molecule has 7 heteroatoms. The molecule has 0 unspecified atom stereocenters. The number of aromatic hydroxyl groups is 1. The highest BCUT2D eigenvalue weighted by Crippen LogP contribution is 2.35. The predicted octanol–water partition coefficient (Wildman–Crippen LogP) is 3.83. The molecule has 0 aliphatic heterocycles. The van der Waals surface area contributed by atoms with Gasteiger partial charge in [0.2, 0.25) is 0 Å². The highest BCUT2D eigenvalue weighted by atomic mass is 32.2. The summed E-state index contributed by atoms with van der Waals surface area (Å²) in [6.07, 6.45) is 1.89. The zero-order valence-corrected chi connectivity index (χ0v) is 16.5. The van der Waals surface area contributed by atoms with Crippen LogP contribution in [0.2, 0.25) is 0 Å². The van der Waals surface area contributed by atoms with Crippen molar-refractivity contribution in [2.45, 2.75) is 31.5 Å². The number of nitrogens with zero attached hydrogens (tertiary/aromatic N) is 2. The van der Waals surface area contributed by atoms with E-state index in [0.29, 0.717) is 38.6 Å². The highest BCUT2D eigenvalue weighted by Gasteiger charge is 2.21. The van der Waals surface area contributed by atoms with Crippen molar-refractivity contribution >= 4 is 34.3 Å². The third-order valence-electron chi connectivity index (χ3n) is 3.92. The van der Waals surface area contributed by atoms with Gasteiger partial charge in [-0.15, -0.1) is 0 Å². The molecule has 3 rings (SSSR count). The summed E-state index contributed by atoms with van der Waals surface area (Å²) in [7, 11) is 0. The molecule has 6 nitrogen and oxygen atoms in total. The molecule has 0 saturated heterocycles. The van der Waals surface area contributed by atoms with Gasteiger partial charge in [-0.05, 0) is 51.3 Å². The standard InChI is InChI=1S/C20H22N4O2S/c1-20(2,3)24-18(26)13-8-9-14-15(16(13)21)17(23-19(22-14)27-4)11-6-5-7-12(25)10-11/h5-10,25H,21H2,1-4H3,(H,24,26). The van der Waals surface area contributed by atoms with E-state index in [1.54, 1.807) is 30.3 Å². The summed E-state index contributed by atoms with van der Waals surface area (Å²) >= 11 is 1.42. The molecule has 0 saturated carbocycles. The van der Waals surface area contributed by atoms with Crippen molar-refractivity contribution in [3.63, 3.8) is 0 Å². The number of anilines is 1. The van der Waals surface area contributed by atoms with Crippen LogP contribution < -0.4 is 11.1 Å². The molecule has 4 N–H and O–H groups in total. The SMILES string of the molecule is CSc1nc(-c2cccc(O)c2)c2c(N)c(C(=O)NC(C)(C)C)ccc2n1. The minimum Gasteiger partial charge on any atom is -0.508 e. The maximum absolute atomic E-state index is 12.7. The fourth-order valence-corrected chi connectivity index (χ4v) is 3.16. The number of nitrogens with two attached hydrogens (primary N) is 1. The molecular formula is C20H22N4O2S. The van der Waals surface area contributed by atoms with Crippen LogP contribution in [0.25, 0.3) is 22.2 Å². The maximum Gasteiger partial charge on any atom is 0.253 e. The second-order valence-electron chi connectivity index (χ2n) is 7.23. The van der Waals surface area contributed by atoms with Gasteiger partial charge in [0.25, 0.3) is 5.91 Å². The van der Waals surface area contributed by atoms with E-state index in [2.05, 4.69) is 15.3 Å². The molecule has 0 bridgehead atoms. The summed E-state index contributed by atoms with van der Waals surface area (Å²) in [5.74, 6) is -0.122. The average Bonchev–Trinajstić information content (AvgIpc) is 2.59. The summed E-state index contributed by atoms with van der Waals surface area (Å²) in [5, 5.41) is 14.0. The van der Waals surface area contributed by atoms with Crippen LogP contribution in [-0.2, 0) is 0 Å². The molecule has 0 radical (unpaired) electrons. The summed E-state index contributed by atoms with van der Waals surface area (Å²) in [6.45, 7) is 5.73. The van der Waals surface area contributed by atoms with Gasteiger partial charge in [0.05, 0.1) is 27.8 Å². The lowest BCUT2D eigenvalue weighted by Crippen LogP contribution is -2.40. The summed E-state index contributed by atoms with van der Waals surface area (Å²) in [6, 6.07) is 10.2.